The highest BCUT2D eigenvalue weighted by molar-refractivity contribution is 8.01. The van der Waals surface area contributed by atoms with Crippen molar-refractivity contribution in [3.8, 4) is 11.5 Å². The molecular weight excluding hydrogens is 1370 g/mol. The number of benzene rings is 2. The predicted molar refractivity (Wildman–Crippen MR) is 362 cm³/mol. The van der Waals surface area contributed by atoms with Crippen molar-refractivity contribution in [2.75, 3.05) is 102 Å². The fourth-order valence-corrected chi connectivity index (χ4v) is 16.5. The first-order valence-corrected chi connectivity index (χ1v) is 36.6. The average Bonchev–Trinajstić information content (AvgIpc) is 1.04. The number of ether oxygens (including phenoxy) is 2. The number of aliphatic carboxylic acids is 2. The summed E-state index contributed by atoms with van der Waals surface area (Å²) >= 11 is 5.10. The molecule has 38 heteroatoms. The number of urea groups is 2. The van der Waals surface area contributed by atoms with Crippen LogP contribution in [0, 0.1) is 0 Å². The number of nitrogens with one attached hydrogen (secondary N) is 6. The molecule has 6 unspecified atom stereocenters. The van der Waals surface area contributed by atoms with Gasteiger partial charge in [-0.2, -0.15) is 0 Å². The number of β-lactam (4-membered cyclic amide) rings is 2. The van der Waals surface area contributed by atoms with E-state index in [1.165, 1.54) is 90.5 Å². The molecule has 6 atom stereocenters. The van der Waals surface area contributed by atoms with Gasteiger partial charge in [0, 0.05) is 103 Å². The maximum atomic E-state index is 14.2. The molecule has 99 heavy (non-hydrogen) atoms. The smallest absolute Gasteiger partial charge is 0.412 e. The third-order valence-corrected chi connectivity index (χ3v) is 22.4. The number of hydrogen-bond acceptors (Lipinski definition) is 24. The first-order chi connectivity index (χ1) is 47.8. The van der Waals surface area contributed by atoms with Gasteiger partial charge < -0.3 is 71.2 Å². The zero-order valence-corrected chi connectivity index (χ0v) is 58.3. The number of thioether (sulfide) groups is 4. The van der Waals surface area contributed by atoms with E-state index in [4.69, 9.17) is 9.47 Å². The van der Waals surface area contributed by atoms with Gasteiger partial charge in [0.15, 0.2) is 0 Å². The normalized spacial score (nSPS) is 20.0. The second kappa shape index (κ2) is 34.4. The van der Waals surface area contributed by atoms with E-state index >= 15 is 0 Å². The van der Waals surface area contributed by atoms with Crippen LogP contribution in [-0.4, -0.2) is 264 Å². The van der Waals surface area contributed by atoms with Crippen LogP contribution in [0.5, 0.6) is 11.5 Å². The van der Waals surface area contributed by atoms with Crippen molar-refractivity contribution in [3.63, 3.8) is 0 Å². The van der Waals surface area contributed by atoms with Crippen molar-refractivity contribution in [1.29, 1.82) is 0 Å². The number of amides is 10. The fourth-order valence-electron chi connectivity index (χ4n) is 11.9. The van der Waals surface area contributed by atoms with Gasteiger partial charge in [0.05, 0.1) is 0 Å². The number of nitrogens with zero attached hydrogens (tertiary/aromatic N) is 14. The van der Waals surface area contributed by atoms with E-state index in [9.17, 15) is 58.2 Å². The van der Waals surface area contributed by atoms with Crippen molar-refractivity contribution in [2.24, 2.45) is 14.1 Å². The van der Waals surface area contributed by atoms with Gasteiger partial charge >= 0.3 is 36.2 Å². The second-order valence-electron chi connectivity index (χ2n) is 23.9. The van der Waals surface area contributed by atoms with Crippen LogP contribution in [0.25, 0.3) is 0 Å². The molecule has 8 N–H and O–H groups in total. The van der Waals surface area contributed by atoms with Crippen LogP contribution < -0.4 is 41.4 Å². The highest BCUT2D eigenvalue weighted by Gasteiger charge is 2.56. The summed E-state index contributed by atoms with van der Waals surface area (Å²) in [6.45, 7) is 10.8. The number of aryl methyl sites for hydroxylation is 2. The number of aromatic nitrogens is 8. The summed E-state index contributed by atoms with van der Waals surface area (Å²) in [5, 5.41) is 59.4. The Morgan fingerprint density at radius 1 is 0.545 bits per heavy atom. The van der Waals surface area contributed by atoms with Crippen LogP contribution in [0.2, 0.25) is 0 Å². The summed E-state index contributed by atoms with van der Waals surface area (Å²) in [5.41, 5.74) is 1.40. The molecule has 532 valence electrons. The van der Waals surface area contributed by atoms with Crippen molar-refractivity contribution in [2.45, 2.75) is 104 Å². The van der Waals surface area contributed by atoms with E-state index in [2.05, 4.69) is 72.8 Å². The molecule has 0 saturated carbocycles. The maximum absolute atomic E-state index is 14.2. The summed E-state index contributed by atoms with van der Waals surface area (Å²) in [7, 11) is 3.32. The lowest BCUT2D eigenvalue weighted by Gasteiger charge is -2.49. The quantitative estimate of drug-likeness (QED) is 0.0211. The Morgan fingerprint density at radius 3 is 1.24 bits per heavy atom. The van der Waals surface area contributed by atoms with E-state index in [0.29, 0.717) is 111 Å². The van der Waals surface area contributed by atoms with Gasteiger partial charge in [-0.3, -0.25) is 29.0 Å². The first kappa shape index (κ1) is 73.0. The highest BCUT2D eigenvalue weighted by atomic mass is 32.2. The molecule has 0 bridgehead atoms. The minimum atomic E-state index is -1.28. The maximum Gasteiger partial charge on any atom is 0.412 e. The van der Waals surface area contributed by atoms with Gasteiger partial charge in [-0.1, -0.05) is 93.7 Å². The van der Waals surface area contributed by atoms with Crippen LogP contribution in [0.1, 0.15) is 82.0 Å². The molecule has 0 radical (unpaired) electrons. The molecule has 6 aliphatic heterocycles. The van der Waals surface area contributed by atoms with Crippen molar-refractivity contribution in [3.05, 3.63) is 82.2 Å². The molecule has 10 rings (SSSR count). The molecule has 4 aromatic rings. The fraction of sp³-hybridized carbons (Fsp3) is 0.541. The van der Waals surface area contributed by atoms with Gasteiger partial charge in [0.25, 0.3) is 11.8 Å². The van der Waals surface area contributed by atoms with E-state index in [-0.39, 0.29) is 45.9 Å². The van der Waals surface area contributed by atoms with Crippen molar-refractivity contribution in [1.82, 2.24) is 102 Å². The second-order valence-corrected chi connectivity index (χ2v) is 28.0. The lowest BCUT2D eigenvalue weighted by Crippen LogP contribution is -2.71. The number of unbranched alkanes of at least 4 members (excludes halogenated alkanes) is 6. The number of carboxylic acids is 2. The molecule has 6 aliphatic rings. The number of piperazine rings is 2. The number of carboxylic acid groups (broad SMARTS) is 2. The lowest BCUT2D eigenvalue weighted by atomic mass is 10.0. The van der Waals surface area contributed by atoms with E-state index < -0.39 is 94.7 Å². The summed E-state index contributed by atoms with van der Waals surface area (Å²) in [5.74, 6) is -3.77. The summed E-state index contributed by atoms with van der Waals surface area (Å²) in [6, 6.07) is 6.54. The molecule has 2 aromatic carbocycles. The largest absolute Gasteiger partial charge is 0.477 e. The van der Waals surface area contributed by atoms with Crippen LogP contribution in [0.4, 0.5) is 19.2 Å². The van der Waals surface area contributed by atoms with Crippen LogP contribution >= 0.6 is 47.0 Å². The molecule has 8 heterocycles. The van der Waals surface area contributed by atoms with Gasteiger partial charge in [0.1, 0.15) is 57.8 Å². The Kier molecular flexibility index (Phi) is 25.3. The molecule has 0 spiro atoms. The van der Waals surface area contributed by atoms with Gasteiger partial charge in [-0.25, -0.2) is 38.1 Å². The number of hydrogen-bond donors (Lipinski definition) is 8. The summed E-state index contributed by atoms with van der Waals surface area (Å²) in [4.78, 5) is 144. The zero-order chi connectivity index (χ0) is 70.3. The van der Waals surface area contributed by atoms with Crippen molar-refractivity contribution >= 4 is 107 Å². The van der Waals surface area contributed by atoms with E-state index in [1.54, 1.807) is 48.2 Å². The number of carbonyl (C=O) groups excluding carboxylic acids is 8. The highest BCUT2D eigenvalue weighted by Crippen LogP contribution is 2.43. The number of likely N-dealkylation sites (N-methyl/N-ethyl adjacent to an activating group) is 2. The minimum absolute atomic E-state index is 0.152. The average molecular weight is 1450 g/mol. The topological polar surface area (TPSA) is 408 Å². The summed E-state index contributed by atoms with van der Waals surface area (Å²) < 4.78 is 14.0. The molecule has 2 aromatic heterocycles. The zero-order valence-electron chi connectivity index (χ0n) is 55.0. The predicted octanol–water partition coefficient (Wildman–Crippen LogP) is 2.18. The van der Waals surface area contributed by atoms with Crippen LogP contribution in [0.3, 0.4) is 0 Å². The lowest BCUT2D eigenvalue weighted by molar-refractivity contribution is -0.151. The van der Waals surface area contributed by atoms with Gasteiger partial charge in [-0.15, -0.1) is 33.7 Å². The molecule has 0 aliphatic carbocycles. The molecule has 4 fully saturated rings. The van der Waals surface area contributed by atoms with Crippen molar-refractivity contribution < 1.29 is 67.6 Å². The Hall–Kier alpha value is -8.72. The Morgan fingerprint density at radius 2 is 0.909 bits per heavy atom. The molecule has 10 amide bonds. The molecule has 34 nitrogen and oxygen atoms in total. The van der Waals surface area contributed by atoms with Gasteiger partial charge in [-0.05, 0) is 93.3 Å². The molecule has 4 saturated heterocycles. The van der Waals surface area contributed by atoms with E-state index in [1.807, 2.05) is 13.8 Å². The number of tetrazole rings is 2. The minimum Gasteiger partial charge on any atom is -0.477 e. The monoisotopic (exact) mass is 1440 g/mol. The Labute approximate surface area is 586 Å². The number of fused-ring (bicyclic) bond motifs is 2. The van der Waals surface area contributed by atoms with Gasteiger partial charge in [0.2, 0.25) is 22.1 Å². The Bertz CT molecular complexity index is 3440. The first-order valence-electron chi connectivity index (χ1n) is 32.6. The molecular formula is C61H80N20O14S4. The Balaban J connectivity index is 0.629. The standard InChI is InChI=1S/C61H80N20O14S4/c1-5-76-24-28-78(29-25-76)56(90)66-42(48(82)64-44-50(84)80-46(54(86)87)38(32-96-52(44)80)34-98-58-68-70-72-74(58)3)36-14-18-40(19-15-36)94-60(92)62-22-12-10-8-7-9-11-13-23-63-61(93)95-41-20-16-37(17-21-41)43(67-57(91)79-30-26-77(6-2)27-31-79)49(83)65-45-51(85)81-47(55(88)89)39(33-97-53(45)81)35-99-59-69-71-73-75(59)4/h14-21,42-45,52-53H,5-13,22-35H2,1-4H3,(H,62,92)(H,63,93)(H,64,82)(H,65,83)(H,66,90)(H,67,91)(H,86,87)(H,88,89). The van der Waals surface area contributed by atoms with E-state index in [0.717, 1.165) is 45.2 Å². The summed E-state index contributed by atoms with van der Waals surface area (Å²) in [6.07, 6.45) is 4.49. The third kappa shape index (κ3) is 18.2. The number of carbonyl (C=O) groups is 10. The SMILES string of the molecule is CCN1CCN(C(=O)NC(C(=O)NC2C(=O)N3C(C(=O)O)=C(CSc4nnnn4C)CSC23)c2ccc(OC(=O)NCCCCCCCCCNC(=O)Oc3ccc(C(NC(=O)N4CCN(CC)CC4)C(=O)NC4C(=O)N5C(C(=O)O)=C(CSc6nnnn6C)CSC45)cc3)cc2)CC1. The third-order valence-electron chi connectivity index (χ3n) is 17.5. The van der Waals surface area contributed by atoms with Crippen LogP contribution in [-0.2, 0) is 42.9 Å². The number of rotatable bonds is 30. The van der Waals surface area contributed by atoms with Crippen LogP contribution in [0.15, 0.2) is 81.4 Å².